The van der Waals surface area contributed by atoms with Gasteiger partial charge in [-0.3, -0.25) is 4.90 Å². The maximum atomic E-state index is 13.3. The first kappa shape index (κ1) is 28.4. The van der Waals surface area contributed by atoms with Gasteiger partial charge in [-0.2, -0.15) is 0 Å². The highest BCUT2D eigenvalue weighted by atomic mass is 19.3. The second-order valence-electron chi connectivity index (χ2n) is 9.73. The number of likely N-dealkylation sites (tertiary alicyclic amines) is 1. The number of H-pyrrole nitrogens is 1. The first-order chi connectivity index (χ1) is 17.7. The number of aromatic nitrogens is 1. The van der Waals surface area contributed by atoms with E-state index in [1.165, 1.54) is 16.5 Å². The van der Waals surface area contributed by atoms with Crippen LogP contribution in [0.3, 0.4) is 0 Å². The number of aromatic amines is 1. The summed E-state index contributed by atoms with van der Waals surface area (Å²) in [5.41, 5.74) is 4.35. The van der Waals surface area contributed by atoms with Crippen molar-refractivity contribution in [3.05, 3.63) is 59.3 Å². The quantitative estimate of drug-likeness (QED) is 0.343. The third kappa shape index (κ3) is 6.42. The number of carboxylic acid groups (broad SMARTS) is 1. The van der Waals surface area contributed by atoms with Crippen molar-refractivity contribution < 1.29 is 23.4 Å². The summed E-state index contributed by atoms with van der Waals surface area (Å²) in [6.07, 6.45) is 3.90. The number of methoxy groups -OCH3 is 1. The molecule has 3 N–H and O–H groups in total. The Balaban J connectivity index is 0.000000247. The number of benzene rings is 2. The Kier molecular flexibility index (Phi) is 9.18. The highest BCUT2D eigenvalue weighted by Crippen LogP contribution is 2.57. The summed E-state index contributed by atoms with van der Waals surface area (Å²) >= 11 is 0. The Morgan fingerprint density at radius 3 is 2.35 bits per heavy atom. The minimum Gasteiger partial charge on any atom is -0.496 e. The molecule has 37 heavy (non-hydrogen) atoms. The number of aryl methyl sites for hydroxylation is 1. The number of rotatable bonds is 5. The summed E-state index contributed by atoms with van der Waals surface area (Å²) < 4.78 is 32.1. The van der Waals surface area contributed by atoms with Gasteiger partial charge in [0.05, 0.1) is 12.7 Å². The Hall–Kier alpha value is -3.13. The SMILES string of the molecule is CC.CNc1ccccc1C(=O)O.COc1cc(C)c2[nH]ccc2c1CN1CCC2(CC1)CC(F)(F)C2. The average Bonchev–Trinajstić information content (AvgIpc) is 3.38. The zero-order valence-corrected chi connectivity index (χ0v) is 22.5. The molecule has 2 fully saturated rings. The number of fused-ring (bicyclic) bond motifs is 1. The van der Waals surface area contributed by atoms with Crippen LogP contribution in [0.4, 0.5) is 14.5 Å². The molecular formula is C29H39F2N3O3. The van der Waals surface area contributed by atoms with Crippen LogP contribution in [-0.2, 0) is 6.54 Å². The summed E-state index contributed by atoms with van der Waals surface area (Å²) in [7, 11) is 3.40. The number of alkyl halides is 2. The molecule has 8 heteroatoms. The molecule has 2 aromatic carbocycles. The van der Waals surface area contributed by atoms with E-state index < -0.39 is 11.9 Å². The van der Waals surface area contributed by atoms with Crippen molar-refractivity contribution in [3.8, 4) is 5.75 Å². The lowest BCUT2D eigenvalue weighted by molar-refractivity contribution is -0.178. The molecule has 1 saturated heterocycles. The molecule has 2 aliphatic rings. The van der Waals surface area contributed by atoms with E-state index >= 15 is 0 Å². The fourth-order valence-electron chi connectivity index (χ4n) is 5.48. The molecule has 6 nitrogen and oxygen atoms in total. The van der Waals surface area contributed by atoms with Gasteiger partial charge < -0.3 is 20.1 Å². The number of aromatic carboxylic acids is 1. The molecule has 5 rings (SSSR count). The van der Waals surface area contributed by atoms with Crippen LogP contribution >= 0.6 is 0 Å². The number of carboxylic acids is 1. The van der Waals surface area contributed by atoms with Gasteiger partial charge in [0.2, 0.25) is 5.92 Å². The van der Waals surface area contributed by atoms with E-state index in [1.54, 1.807) is 38.4 Å². The van der Waals surface area contributed by atoms with Crippen molar-refractivity contribution in [1.82, 2.24) is 9.88 Å². The third-order valence-corrected chi connectivity index (χ3v) is 7.32. The number of piperidine rings is 1. The summed E-state index contributed by atoms with van der Waals surface area (Å²) in [5.74, 6) is -2.41. The average molecular weight is 516 g/mol. The van der Waals surface area contributed by atoms with Crippen molar-refractivity contribution in [3.63, 3.8) is 0 Å². The number of halogens is 2. The van der Waals surface area contributed by atoms with Crippen molar-refractivity contribution in [2.45, 2.75) is 58.9 Å². The summed E-state index contributed by atoms with van der Waals surface area (Å²) in [5, 5.41) is 12.6. The number of para-hydroxylation sites is 1. The molecule has 1 aliphatic carbocycles. The van der Waals surface area contributed by atoms with E-state index in [9.17, 15) is 13.6 Å². The smallest absolute Gasteiger partial charge is 0.337 e. The van der Waals surface area contributed by atoms with Gasteiger partial charge in [0, 0.05) is 54.8 Å². The van der Waals surface area contributed by atoms with Gasteiger partial charge in [-0.25, -0.2) is 13.6 Å². The second-order valence-corrected chi connectivity index (χ2v) is 9.73. The molecule has 1 aromatic heterocycles. The molecule has 202 valence electrons. The Bertz CT molecular complexity index is 1190. The van der Waals surface area contributed by atoms with Crippen LogP contribution < -0.4 is 10.1 Å². The minimum absolute atomic E-state index is 0.0871. The van der Waals surface area contributed by atoms with Crippen LogP contribution in [0.15, 0.2) is 42.6 Å². The molecule has 1 saturated carbocycles. The Morgan fingerprint density at radius 2 is 1.81 bits per heavy atom. The number of nitrogens with one attached hydrogen (secondary N) is 2. The van der Waals surface area contributed by atoms with E-state index in [0.29, 0.717) is 11.3 Å². The van der Waals surface area contributed by atoms with E-state index in [4.69, 9.17) is 9.84 Å². The maximum absolute atomic E-state index is 13.3. The van der Waals surface area contributed by atoms with E-state index in [1.807, 2.05) is 20.0 Å². The molecule has 1 spiro atoms. The number of hydrogen-bond acceptors (Lipinski definition) is 4. The third-order valence-electron chi connectivity index (χ3n) is 7.32. The number of carbonyl (C=O) groups is 1. The molecule has 3 aromatic rings. The topological polar surface area (TPSA) is 77.6 Å². The molecule has 0 amide bonds. The Morgan fingerprint density at radius 1 is 1.16 bits per heavy atom. The van der Waals surface area contributed by atoms with Crippen molar-refractivity contribution in [1.29, 1.82) is 0 Å². The van der Waals surface area contributed by atoms with Crippen LogP contribution in [0.1, 0.15) is 61.0 Å². The molecule has 0 radical (unpaired) electrons. The van der Waals surface area contributed by atoms with Crippen molar-refractivity contribution in [2.24, 2.45) is 5.41 Å². The summed E-state index contributed by atoms with van der Waals surface area (Å²) in [6, 6.07) is 10.9. The van der Waals surface area contributed by atoms with Crippen LogP contribution in [0.2, 0.25) is 0 Å². The van der Waals surface area contributed by atoms with E-state index in [2.05, 4.69) is 34.3 Å². The molecule has 0 atom stereocenters. The number of ether oxygens (including phenoxy) is 1. The normalized spacial score (nSPS) is 17.6. The number of hydrogen-bond donors (Lipinski definition) is 3. The van der Waals surface area contributed by atoms with Gasteiger partial charge in [-0.05, 0) is 68.1 Å². The van der Waals surface area contributed by atoms with Crippen molar-refractivity contribution >= 4 is 22.6 Å². The van der Waals surface area contributed by atoms with E-state index in [-0.39, 0.29) is 18.3 Å². The fourth-order valence-corrected chi connectivity index (χ4v) is 5.48. The molecule has 1 aliphatic heterocycles. The molecule has 2 heterocycles. The van der Waals surface area contributed by atoms with Gasteiger partial charge >= 0.3 is 5.97 Å². The Labute approximate surface area is 218 Å². The lowest BCUT2D eigenvalue weighted by Crippen LogP contribution is -2.52. The summed E-state index contributed by atoms with van der Waals surface area (Å²) in [6.45, 7) is 8.66. The lowest BCUT2D eigenvalue weighted by Gasteiger charge is -2.51. The van der Waals surface area contributed by atoms with Crippen LogP contribution in [0.5, 0.6) is 5.75 Å². The van der Waals surface area contributed by atoms with Crippen LogP contribution in [0.25, 0.3) is 10.9 Å². The van der Waals surface area contributed by atoms with E-state index in [0.717, 1.165) is 43.7 Å². The van der Waals surface area contributed by atoms with Gasteiger partial charge in [0.25, 0.3) is 0 Å². The largest absolute Gasteiger partial charge is 0.496 e. The number of nitrogens with zero attached hydrogens (tertiary/aromatic N) is 1. The first-order valence-electron chi connectivity index (χ1n) is 12.9. The van der Waals surface area contributed by atoms with Gasteiger partial charge in [-0.15, -0.1) is 0 Å². The van der Waals surface area contributed by atoms with Gasteiger partial charge in [-0.1, -0.05) is 26.0 Å². The number of anilines is 1. The van der Waals surface area contributed by atoms with Crippen molar-refractivity contribution in [2.75, 3.05) is 32.6 Å². The molecule has 0 unspecified atom stereocenters. The highest BCUT2D eigenvalue weighted by molar-refractivity contribution is 5.94. The first-order valence-corrected chi connectivity index (χ1v) is 12.9. The molecular weight excluding hydrogens is 476 g/mol. The minimum atomic E-state index is -2.42. The van der Waals surface area contributed by atoms with Gasteiger partial charge in [0.15, 0.2) is 0 Å². The summed E-state index contributed by atoms with van der Waals surface area (Å²) in [4.78, 5) is 16.2. The van der Waals surface area contributed by atoms with Crippen LogP contribution in [0, 0.1) is 12.3 Å². The standard InChI is InChI=1S/C19H24F2N2O.C8H9NO2.C2H6/c1-13-9-16(24-2)15(14-3-6-22-17(13)14)10-23-7-4-18(5-8-23)11-19(20,21)12-18;1-9-7-5-3-2-4-6(7)8(10)11;1-2/h3,6,9,22H,4-5,7-8,10-12H2,1-2H3;2-5,9H,1H3,(H,10,11);1-2H3. The fraction of sp³-hybridized carbons (Fsp3) is 0.483. The van der Waals surface area contributed by atoms with Gasteiger partial charge in [0.1, 0.15) is 5.75 Å². The predicted octanol–water partition coefficient (Wildman–Crippen LogP) is 6.95. The zero-order valence-electron chi connectivity index (χ0n) is 22.5. The second kappa shape index (κ2) is 11.9. The van der Waals surface area contributed by atoms with Crippen LogP contribution in [-0.4, -0.2) is 54.1 Å². The lowest BCUT2D eigenvalue weighted by atomic mass is 9.61. The maximum Gasteiger partial charge on any atom is 0.337 e. The molecule has 0 bridgehead atoms. The highest BCUT2D eigenvalue weighted by Gasteiger charge is 2.56. The zero-order chi connectivity index (χ0) is 27.2. The monoisotopic (exact) mass is 515 g/mol. The predicted molar refractivity (Wildman–Crippen MR) is 145 cm³/mol.